The Labute approximate surface area is 114 Å². The Balaban J connectivity index is 1.68. The molecule has 4 heteroatoms. The van der Waals surface area contributed by atoms with Crippen LogP contribution in [-0.4, -0.2) is 35.7 Å². The molecule has 0 aromatic rings. The number of thioether (sulfide) groups is 1. The lowest BCUT2D eigenvalue weighted by atomic mass is 9.88. The van der Waals surface area contributed by atoms with Crippen molar-refractivity contribution in [2.45, 2.75) is 57.5 Å². The van der Waals surface area contributed by atoms with Crippen LogP contribution in [-0.2, 0) is 4.74 Å². The van der Waals surface area contributed by atoms with Crippen molar-refractivity contribution in [3.05, 3.63) is 0 Å². The Morgan fingerprint density at radius 3 is 2.72 bits per heavy atom. The number of amidine groups is 1. The largest absolute Gasteiger partial charge is 0.381 e. The standard InChI is InChI=1S/C14H24N2OS/c1-13(2)5-3-4-11(13)15-12-16-14(10-18-12)6-8-17-9-7-14/h11H,3-10H2,1-2H3,(H,15,16). The van der Waals surface area contributed by atoms with Gasteiger partial charge in [0.15, 0.2) is 5.17 Å². The van der Waals surface area contributed by atoms with Gasteiger partial charge in [0.25, 0.3) is 0 Å². The van der Waals surface area contributed by atoms with E-state index < -0.39 is 0 Å². The van der Waals surface area contributed by atoms with Gasteiger partial charge in [-0.15, -0.1) is 0 Å². The number of ether oxygens (including phenoxy) is 1. The molecule has 0 aromatic carbocycles. The molecule has 3 rings (SSSR count). The van der Waals surface area contributed by atoms with Gasteiger partial charge in [0.05, 0.1) is 11.6 Å². The Morgan fingerprint density at radius 1 is 1.28 bits per heavy atom. The van der Waals surface area contributed by atoms with Crippen LogP contribution in [0, 0.1) is 5.41 Å². The van der Waals surface area contributed by atoms with Gasteiger partial charge in [-0.2, -0.15) is 0 Å². The summed E-state index contributed by atoms with van der Waals surface area (Å²) in [6.07, 6.45) is 6.17. The molecule has 2 saturated heterocycles. The van der Waals surface area contributed by atoms with Crippen molar-refractivity contribution in [2.24, 2.45) is 10.4 Å². The van der Waals surface area contributed by atoms with E-state index in [-0.39, 0.29) is 5.54 Å². The molecule has 18 heavy (non-hydrogen) atoms. The molecular formula is C14H24N2OS. The first-order chi connectivity index (χ1) is 8.60. The maximum atomic E-state index is 5.47. The Morgan fingerprint density at radius 2 is 2.06 bits per heavy atom. The van der Waals surface area contributed by atoms with Gasteiger partial charge in [-0.05, 0) is 31.1 Å². The van der Waals surface area contributed by atoms with E-state index >= 15 is 0 Å². The monoisotopic (exact) mass is 268 g/mol. The van der Waals surface area contributed by atoms with Gasteiger partial charge in [-0.3, -0.25) is 4.99 Å². The van der Waals surface area contributed by atoms with Crippen LogP contribution in [0.15, 0.2) is 4.99 Å². The molecule has 0 radical (unpaired) electrons. The first-order valence-corrected chi connectivity index (χ1v) is 8.15. The summed E-state index contributed by atoms with van der Waals surface area (Å²) in [5.74, 6) is 1.17. The predicted molar refractivity (Wildman–Crippen MR) is 77.2 cm³/mol. The van der Waals surface area contributed by atoms with E-state index in [1.807, 2.05) is 11.8 Å². The summed E-state index contributed by atoms with van der Waals surface area (Å²) in [5, 5.41) is 4.90. The fourth-order valence-electron chi connectivity index (χ4n) is 3.30. The zero-order chi connectivity index (χ0) is 12.6. The number of nitrogens with zero attached hydrogens (tertiary/aromatic N) is 1. The Kier molecular flexibility index (Phi) is 3.35. The zero-order valence-electron chi connectivity index (χ0n) is 11.5. The molecule has 0 aromatic heterocycles. The molecule has 1 aliphatic carbocycles. The summed E-state index contributed by atoms with van der Waals surface area (Å²) in [5.41, 5.74) is 0.672. The molecule has 1 unspecified atom stereocenters. The van der Waals surface area contributed by atoms with Crippen LogP contribution in [0.3, 0.4) is 0 Å². The summed E-state index contributed by atoms with van der Waals surface area (Å²) in [6.45, 7) is 6.52. The van der Waals surface area contributed by atoms with E-state index in [4.69, 9.17) is 9.73 Å². The summed E-state index contributed by atoms with van der Waals surface area (Å²) < 4.78 is 5.47. The van der Waals surface area contributed by atoms with Crippen molar-refractivity contribution in [1.29, 1.82) is 0 Å². The molecule has 1 saturated carbocycles. The molecule has 0 amide bonds. The van der Waals surface area contributed by atoms with Gasteiger partial charge in [0.1, 0.15) is 0 Å². The van der Waals surface area contributed by atoms with E-state index in [0.717, 1.165) is 26.1 Å². The van der Waals surface area contributed by atoms with Crippen LogP contribution in [0.2, 0.25) is 0 Å². The average Bonchev–Trinajstić information content (AvgIpc) is 2.86. The van der Waals surface area contributed by atoms with Crippen LogP contribution in [0.25, 0.3) is 0 Å². The number of rotatable bonds is 1. The van der Waals surface area contributed by atoms with Crippen LogP contribution < -0.4 is 5.32 Å². The smallest absolute Gasteiger partial charge is 0.157 e. The first-order valence-electron chi connectivity index (χ1n) is 7.16. The molecule has 2 aliphatic heterocycles. The van der Waals surface area contributed by atoms with Gasteiger partial charge in [0, 0.05) is 19.0 Å². The molecule has 2 heterocycles. The topological polar surface area (TPSA) is 33.6 Å². The molecule has 102 valence electrons. The van der Waals surface area contributed by atoms with Gasteiger partial charge in [-0.25, -0.2) is 0 Å². The summed E-state index contributed by atoms with van der Waals surface area (Å²) in [4.78, 5) is 5.01. The highest BCUT2D eigenvalue weighted by molar-refractivity contribution is 8.14. The predicted octanol–water partition coefficient (Wildman–Crippen LogP) is 2.81. The van der Waals surface area contributed by atoms with Gasteiger partial charge in [0.2, 0.25) is 0 Å². The van der Waals surface area contributed by atoms with Gasteiger partial charge < -0.3 is 10.1 Å². The zero-order valence-corrected chi connectivity index (χ0v) is 12.3. The lowest BCUT2D eigenvalue weighted by Gasteiger charge is -2.33. The van der Waals surface area contributed by atoms with Crippen LogP contribution >= 0.6 is 11.8 Å². The number of hydrogen-bond donors (Lipinski definition) is 1. The molecule has 3 nitrogen and oxygen atoms in total. The maximum Gasteiger partial charge on any atom is 0.157 e. The van der Waals surface area contributed by atoms with Crippen molar-refractivity contribution in [3.8, 4) is 0 Å². The third-order valence-electron chi connectivity index (χ3n) is 4.78. The molecule has 1 N–H and O–H groups in total. The second kappa shape index (κ2) is 4.71. The molecule has 0 bridgehead atoms. The quantitative estimate of drug-likeness (QED) is 0.794. The summed E-state index contributed by atoms with van der Waals surface area (Å²) in [6, 6.07) is 0.516. The summed E-state index contributed by atoms with van der Waals surface area (Å²) in [7, 11) is 0. The van der Waals surface area contributed by atoms with Crippen molar-refractivity contribution >= 4 is 16.9 Å². The fourth-order valence-corrected chi connectivity index (χ4v) is 4.56. The number of aliphatic imine (C=N–C) groups is 1. The number of hydrogen-bond acceptors (Lipinski definition) is 3. The highest BCUT2D eigenvalue weighted by Gasteiger charge is 2.40. The summed E-state index contributed by atoms with van der Waals surface area (Å²) >= 11 is 1.92. The van der Waals surface area contributed by atoms with Crippen molar-refractivity contribution in [3.63, 3.8) is 0 Å². The minimum Gasteiger partial charge on any atom is -0.381 e. The van der Waals surface area contributed by atoms with Crippen molar-refractivity contribution in [1.82, 2.24) is 5.32 Å². The lowest BCUT2D eigenvalue weighted by molar-refractivity contribution is 0.0555. The molecule has 3 aliphatic rings. The second-order valence-electron chi connectivity index (χ2n) is 6.64. The lowest BCUT2D eigenvalue weighted by Crippen LogP contribution is -2.48. The second-order valence-corrected chi connectivity index (χ2v) is 7.60. The third-order valence-corrected chi connectivity index (χ3v) is 5.96. The third kappa shape index (κ3) is 2.42. The average molecular weight is 268 g/mol. The van der Waals surface area contributed by atoms with E-state index in [9.17, 15) is 0 Å². The van der Waals surface area contributed by atoms with Crippen LogP contribution in [0.4, 0.5) is 0 Å². The van der Waals surface area contributed by atoms with Crippen molar-refractivity contribution < 1.29 is 4.74 Å². The van der Waals surface area contributed by atoms with E-state index in [1.165, 1.54) is 30.2 Å². The Bertz CT molecular complexity index is 348. The van der Waals surface area contributed by atoms with Crippen LogP contribution in [0.5, 0.6) is 0 Å². The van der Waals surface area contributed by atoms with E-state index in [2.05, 4.69) is 19.2 Å². The fraction of sp³-hybridized carbons (Fsp3) is 0.929. The minimum absolute atomic E-state index is 0.282. The SMILES string of the molecule is CC1(C)CCCC1N=C1NC2(CCOCC2)CS1. The van der Waals surface area contributed by atoms with Crippen molar-refractivity contribution in [2.75, 3.05) is 19.0 Å². The van der Waals surface area contributed by atoms with E-state index in [0.29, 0.717) is 11.5 Å². The van der Waals surface area contributed by atoms with Gasteiger partial charge >= 0.3 is 0 Å². The Hall–Kier alpha value is -0.220. The first kappa shape index (κ1) is 12.8. The molecule has 3 fully saturated rings. The molecule has 1 atom stereocenters. The van der Waals surface area contributed by atoms with Crippen LogP contribution in [0.1, 0.15) is 46.0 Å². The normalized spacial score (nSPS) is 36.1. The minimum atomic E-state index is 0.282. The molecule has 1 spiro atoms. The maximum absolute atomic E-state index is 5.47. The molecular weight excluding hydrogens is 244 g/mol. The van der Waals surface area contributed by atoms with E-state index in [1.54, 1.807) is 0 Å². The highest BCUT2D eigenvalue weighted by atomic mass is 32.2. The number of nitrogens with one attached hydrogen (secondary N) is 1. The van der Waals surface area contributed by atoms with Gasteiger partial charge in [-0.1, -0.05) is 32.0 Å². The highest BCUT2D eigenvalue weighted by Crippen LogP contribution is 2.41.